The average molecular weight is 448 g/mol. The molecule has 0 radical (unpaired) electrons. The fourth-order valence-corrected chi connectivity index (χ4v) is 4.02. The van der Waals surface area contributed by atoms with Crippen LogP contribution in [-0.2, 0) is 10.2 Å². The van der Waals surface area contributed by atoms with E-state index in [2.05, 4.69) is 41.2 Å². The third kappa shape index (κ3) is 4.60. The van der Waals surface area contributed by atoms with Gasteiger partial charge in [-0.15, -0.1) is 0 Å². The van der Waals surface area contributed by atoms with E-state index in [1.165, 1.54) is 23.5 Å². The van der Waals surface area contributed by atoms with Gasteiger partial charge in [-0.05, 0) is 42.2 Å². The standard InChI is InChI=1S/C24H25N5O2S/c1-15(21(30)26-17-12-10-16(11-13-17)24(2,3)4)32-23-27-20-19(22(31)28-23)14-25-29(20)18-8-6-5-7-9-18/h5-15H,1-4H3,(H,26,30)(H,27,28,31). The van der Waals surface area contributed by atoms with Crippen molar-refractivity contribution in [2.45, 2.75) is 43.5 Å². The number of nitrogens with one attached hydrogen (secondary N) is 2. The maximum Gasteiger partial charge on any atom is 0.262 e. The van der Waals surface area contributed by atoms with E-state index in [1.54, 1.807) is 11.6 Å². The Morgan fingerprint density at radius 3 is 2.44 bits per heavy atom. The lowest BCUT2D eigenvalue weighted by atomic mass is 9.87. The van der Waals surface area contributed by atoms with Crippen LogP contribution < -0.4 is 10.9 Å². The number of hydrogen-bond acceptors (Lipinski definition) is 5. The number of benzene rings is 2. The van der Waals surface area contributed by atoms with Crippen molar-refractivity contribution in [1.29, 1.82) is 0 Å². The predicted molar refractivity (Wildman–Crippen MR) is 129 cm³/mol. The summed E-state index contributed by atoms with van der Waals surface area (Å²) >= 11 is 1.19. The van der Waals surface area contributed by atoms with E-state index in [0.717, 1.165) is 11.4 Å². The van der Waals surface area contributed by atoms with E-state index in [9.17, 15) is 9.59 Å². The molecule has 0 saturated carbocycles. The maximum atomic E-state index is 12.7. The molecule has 0 fully saturated rings. The molecule has 1 atom stereocenters. The molecule has 4 aromatic rings. The molecular weight excluding hydrogens is 422 g/mol. The topological polar surface area (TPSA) is 92.7 Å². The molecule has 1 unspecified atom stereocenters. The number of fused-ring (bicyclic) bond motifs is 1. The third-order valence-electron chi connectivity index (χ3n) is 5.09. The second-order valence-corrected chi connectivity index (χ2v) is 9.91. The van der Waals surface area contributed by atoms with Gasteiger partial charge in [0.15, 0.2) is 10.8 Å². The van der Waals surface area contributed by atoms with Crippen molar-refractivity contribution < 1.29 is 4.79 Å². The normalized spacial score (nSPS) is 12.6. The van der Waals surface area contributed by atoms with Gasteiger partial charge in [-0.3, -0.25) is 9.59 Å². The fraction of sp³-hybridized carbons (Fsp3) is 0.250. The van der Waals surface area contributed by atoms with Crippen LogP contribution in [0.15, 0.2) is 70.7 Å². The zero-order valence-electron chi connectivity index (χ0n) is 18.4. The summed E-state index contributed by atoms with van der Waals surface area (Å²) < 4.78 is 1.62. The van der Waals surface area contributed by atoms with Crippen LogP contribution in [-0.4, -0.2) is 30.9 Å². The number of anilines is 1. The second kappa shape index (κ2) is 8.63. The molecule has 2 N–H and O–H groups in total. The molecular formula is C24H25N5O2S. The molecule has 7 nitrogen and oxygen atoms in total. The average Bonchev–Trinajstić information content (AvgIpc) is 3.18. The number of carbonyl (C=O) groups is 1. The van der Waals surface area contributed by atoms with Crippen molar-refractivity contribution in [2.24, 2.45) is 0 Å². The molecule has 0 saturated heterocycles. The smallest absolute Gasteiger partial charge is 0.262 e. The molecule has 0 bridgehead atoms. The number of para-hydroxylation sites is 1. The number of hydrogen-bond donors (Lipinski definition) is 2. The van der Waals surface area contributed by atoms with Crippen LogP contribution in [0.2, 0.25) is 0 Å². The predicted octanol–water partition coefficient (Wildman–Crippen LogP) is 4.53. The number of amides is 1. The summed E-state index contributed by atoms with van der Waals surface area (Å²) in [7, 11) is 0. The van der Waals surface area contributed by atoms with Gasteiger partial charge in [0.05, 0.1) is 17.1 Å². The quantitative estimate of drug-likeness (QED) is 0.346. The Morgan fingerprint density at radius 1 is 1.09 bits per heavy atom. The molecule has 2 aromatic carbocycles. The number of H-pyrrole nitrogens is 1. The number of carbonyl (C=O) groups excluding carboxylic acids is 1. The first kappa shape index (κ1) is 21.8. The summed E-state index contributed by atoms with van der Waals surface area (Å²) in [4.78, 5) is 32.6. The van der Waals surface area contributed by atoms with Crippen LogP contribution in [0.3, 0.4) is 0 Å². The molecule has 32 heavy (non-hydrogen) atoms. The van der Waals surface area contributed by atoms with Gasteiger partial charge in [-0.1, -0.05) is 62.9 Å². The first-order valence-corrected chi connectivity index (χ1v) is 11.2. The van der Waals surface area contributed by atoms with E-state index < -0.39 is 5.25 Å². The zero-order chi connectivity index (χ0) is 22.9. The lowest BCUT2D eigenvalue weighted by molar-refractivity contribution is -0.115. The minimum atomic E-state index is -0.467. The summed E-state index contributed by atoms with van der Waals surface area (Å²) in [5.74, 6) is -0.169. The Hall–Kier alpha value is -3.39. The number of rotatable bonds is 5. The van der Waals surface area contributed by atoms with Gasteiger partial charge < -0.3 is 10.3 Å². The summed E-state index contributed by atoms with van der Waals surface area (Å²) in [5, 5.41) is 7.53. The van der Waals surface area contributed by atoms with Gasteiger partial charge in [0.2, 0.25) is 5.91 Å². The zero-order valence-corrected chi connectivity index (χ0v) is 19.2. The molecule has 2 aromatic heterocycles. The Morgan fingerprint density at radius 2 is 1.78 bits per heavy atom. The Labute approximate surface area is 190 Å². The fourth-order valence-electron chi connectivity index (χ4n) is 3.23. The highest BCUT2D eigenvalue weighted by Crippen LogP contribution is 2.25. The van der Waals surface area contributed by atoms with Crippen molar-refractivity contribution in [2.75, 3.05) is 5.32 Å². The Kier molecular flexibility index (Phi) is 5.88. The lowest BCUT2D eigenvalue weighted by Crippen LogP contribution is -2.23. The van der Waals surface area contributed by atoms with E-state index in [1.807, 2.05) is 54.6 Å². The van der Waals surface area contributed by atoms with Crippen molar-refractivity contribution >= 4 is 34.4 Å². The van der Waals surface area contributed by atoms with Crippen molar-refractivity contribution in [3.8, 4) is 5.69 Å². The van der Waals surface area contributed by atoms with Gasteiger partial charge >= 0.3 is 0 Å². The second-order valence-electron chi connectivity index (χ2n) is 8.58. The van der Waals surface area contributed by atoms with E-state index >= 15 is 0 Å². The van der Waals surface area contributed by atoms with Gasteiger partial charge in [-0.25, -0.2) is 9.67 Å². The van der Waals surface area contributed by atoms with E-state index in [0.29, 0.717) is 16.2 Å². The third-order valence-corrected chi connectivity index (χ3v) is 6.08. The molecule has 0 spiro atoms. The SMILES string of the molecule is CC(Sc1nc2c(cnn2-c2ccccc2)c(=O)[nH]1)C(=O)Nc1ccc(C(C)(C)C)cc1. The minimum absolute atomic E-state index is 0.0497. The van der Waals surface area contributed by atoms with Crippen LogP contribution in [0, 0.1) is 0 Å². The van der Waals surface area contributed by atoms with Gasteiger partial charge in [-0.2, -0.15) is 5.10 Å². The van der Waals surface area contributed by atoms with Crippen molar-refractivity contribution in [1.82, 2.24) is 19.7 Å². The lowest BCUT2D eigenvalue weighted by Gasteiger charge is -2.19. The van der Waals surface area contributed by atoms with E-state index in [-0.39, 0.29) is 16.9 Å². The summed E-state index contributed by atoms with van der Waals surface area (Å²) in [5.41, 5.74) is 2.95. The van der Waals surface area contributed by atoms with Crippen LogP contribution in [0.5, 0.6) is 0 Å². The summed E-state index contributed by atoms with van der Waals surface area (Å²) in [6, 6.07) is 17.3. The number of nitrogens with zero attached hydrogens (tertiary/aromatic N) is 3. The molecule has 8 heteroatoms. The molecule has 0 aliphatic heterocycles. The first-order valence-electron chi connectivity index (χ1n) is 10.3. The summed E-state index contributed by atoms with van der Waals surface area (Å²) in [6.45, 7) is 8.22. The molecule has 164 valence electrons. The minimum Gasteiger partial charge on any atom is -0.325 e. The maximum absolute atomic E-state index is 12.7. The van der Waals surface area contributed by atoms with Crippen LogP contribution in [0.25, 0.3) is 16.7 Å². The molecule has 2 heterocycles. The number of thioether (sulfide) groups is 1. The Bertz CT molecular complexity index is 1300. The van der Waals surface area contributed by atoms with Crippen LogP contribution in [0.4, 0.5) is 5.69 Å². The van der Waals surface area contributed by atoms with Crippen molar-refractivity contribution in [3.63, 3.8) is 0 Å². The van der Waals surface area contributed by atoms with Gasteiger partial charge in [0.1, 0.15) is 5.39 Å². The highest BCUT2D eigenvalue weighted by Gasteiger charge is 2.19. The molecule has 0 aliphatic rings. The van der Waals surface area contributed by atoms with Crippen LogP contribution in [0.1, 0.15) is 33.3 Å². The van der Waals surface area contributed by atoms with Gasteiger partial charge in [0, 0.05) is 5.69 Å². The number of aromatic nitrogens is 4. The highest BCUT2D eigenvalue weighted by molar-refractivity contribution is 8.00. The largest absolute Gasteiger partial charge is 0.325 e. The van der Waals surface area contributed by atoms with E-state index in [4.69, 9.17) is 0 Å². The Balaban J connectivity index is 1.52. The molecule has 1 amide bonds. The van der Waals surface area contributed by atoms with Crippen LogP contribution >= 0.6 is 11.8 Å². The van der Waals surface area contributed by atoms with Crippen molar-refractivity contribution in [3.05, 3.63) is 76.7 Å². The van der Waals surface area contributed by atoms with Gasteiger partial charge in [0.25, 0.3) is 5.56 Å². The number of aromatic amines is 1. The summed E-state index contributed by atoms with van der Waals surface area (Å²) in [6.07, 6.45) is 1.50. The first-order chi connectivity index (χ1) is 15.2. The molecule has 4 rings (SSSR count). The monoisotopic (exact) mass is 447 g/mol. The highest BCUT2D eigenvalue weighted by atomic mass is 32.2. The molecule has 0 aliphatic carbocycles.